The Bertz CT molecular complexity index is 1540. The van der Waals surface area contributed by atoms with Crippen molar-refractivity contribution in [1.29, 1.82) is 0 Å². The van der Waals surface area contributed by atoms with Crippen molar-refractivity contribution in [3.8, 4) is 11.1 Å². The number of nitrogen functional groups attached to an aromatic ring is 1. The van der Waals surface area contributed by atoms with E-state index in [0.29, 0.717) is 55.4 Å². The number of piperazine rings is 1. The average molecular weight is 644 g/mol. The van der Waals surface area contributed by atoms with Crippen molar-refractivity contribution in [3.05, 3.63) is 76.6 Å². The summed E-state index contributed by atoms with van der Waals surface area (Å²) in [6.07, 6.45) is 2.93. The van der Waals surface area contributed by atoms with Crippen molar-refractivity contribution in [3.63, 3.8) is 0 Å². The highest BCUT2D eigenvalue weighted by molar-refractivity contribution is 5.87. The predicted octanol–water partition coefficient (Wildman–Crippen LogP) is 4.37. The molecule has 1 aliphatic rings. The van der Waals surface area contributed by atoms with Crippen molar-refractivity contribution in [2.75, 3.05) is 66.2 Å². The molecule has 0 aromatic carbocycles. The number of aromatic nitrogens is 2. The second-order valence-electron chi connectivity index (χ2n) is 11.1. The lowest BCUT2D eigenvalue weighted by molar-refractivity contribution is -0.149. The summed E-state index contributed by atoms with van der Waals surface area (Å²) >= 11 is 0. The Hall–Kier alpha value is -4.20. The molecule has 1 fully saturated rings. The molecule has 10 nitrogen and oxygen atoms in total. The van der Waals surface area contributed by atoms with Gasteiger partial charge in [-0.25, -0.2) is 4.98 Å². The van der Waals surface area contributed by atoms with Gasteiger partial charge in [0.25, 0.3) is 0 Å². The number of nitrogens with two attached hydrogens (primary N) is 1. The number of nitrogens with one attached hydrogen (secondary N) is 2. The summed E-state index contributed by atoms with van der Waals surface area (Å²) in [5, 5.41) is 5.87. The summed E-state index contributed by atoms with van der Waals surface area (Å²) in [6, 6.07) is 7.40. The van der Waals surface area contributed by atoms with Crippen LogP contribution in [0.15, 0.2) is 59.8 Å². The maximum Gasteiger partial charge on any atom is 0.401 e. The molecule has 1 aliphatic heterocycles. The van der Waals surface area contributed by atoms with E-state index in [9.17, 15) is 22.8 Å². The van der Waals surface area contributed by atoms with Crippen LogP contribution in [0.1, 0.15) is 41.5 Å². The van der Waals surface area contributed by atoms with E-state index < -0.39 is 12.7 Å². The topological polar surface area (TPSA) is 117 Å². The van der Waals surface area contributed by atoms with E-state index in [2.05, 4.69) is 24.9 Å². The molecule has 1 unspecified atom stereocenters. The molecule has 0 saturated carbocycles. The first-order valence-corrected chi connectivity index (χ1v) is 14.9. The third-order valence-corrected chi connectivity index (χ3v) is 8.06. The highest BCUT2D eigenvalue weighted by atomic mass is 19.4. The number of halogens is 3. The molecule has 13 heteroatoms. The van der Waals surface area contributed by atoms with Gasteiger partial charge in [-0.05, 0) is 63.7 Å². The third-order valence-electron chi connectivity index (χ3n) is 8.06. The molecule has 0 spiro atoms. The van der Waals surface area contributed by atoms with Crippen molar-refractivity contribution in [1.82, 2.24) is 29.8 Å². The smallest absolute Gasteiger partial charge is 0.401 e. The fourth-order valence-corrected chi connectivity index (χ4v) is 5.50. The molecule has 0 amide bonds. The van der Waals surface area contributed by atoms with Gasteiger partial charge < -0.3 is 25.5 Å². The van der Waals surface area contributed by atoms with Crippen LogP contribution in [0.25, 0.3) is 16.6 Å². The van der Waals surface area contributed by atoms with Crippen molar-refractivity contribution >= 4 is 23.9 Å². The molecule has 0 bridgehead atoms. The number of pyridine rings is 2. The van der Waals surface area contributed by atoms with Crippen LogP contribution in [0.3, 0.4) is 0 Å². The summed E-state index contributed by atoms with van der Waals surface area (Å²) in [6.45, 7) is 7.25. The second kappa shape index (κ2) is 16.4. The van der Waals surface area contributed by atoms with Crippen LogP contribution in [-0.4, -0.2) is 98.4 Å². The molecule has 0 radical (unpaired) electrons. The number of alkyl halides is 3. The molecule has 4 heterocycles. The number of rotatable bonds is 11. The molecule has 0 aliphatic carbocycles. The van der Waals surface area contributed by atoms with Gasteiger partial charge in [0.2, 0.25) is 0 Å². The number of nitrogens with zero attached hydrogens (tertiary/aromatic N) is 4. The molecule has 1 saturated heterocycles. The molecule has 4 N–H and O–H groups in total. The first-order valence-electron chi connectivity index (χ1n) is 14.9. The van der Waals surface area contributed by atoms with E-state index in [0.717, 1.165) is 46.2 Å². The predicted molar refractivity (Wildman–Crippen MR) is 174 cm³/mol. The molecule has 3 aromatic heterocycles. The average Bonchev–Trinajstić information content (AvgIpc) is 3.45. The maximum absolute atomic E-state index is 12.7. The van der Waals surface area contributed by atoms with E-state index in [1.807, 2.05) is 52.2 Å². The maximum atomic E-state index is 12.7. The van der Waals surface area contributed by atoms with Crippen LogP contribution >= 0.6 is 0 Å². The molecule has 250 valence electrons. The zero-order chi connectivity index (χ0) is 34.0. The Morgan fingerprint density at radius 2 is 1.85 bits per heavy atom. The largest absolute Gasteiger partial charge is 0.496 e. The first kappa shape index (κ1) is 36.3. The van der Waals surface area contributed by atoms with Crippen LogP contribution in [0.2, 0.25) is 0 Å². The number of carbonyl (C=O) groups is 2. The number of fused-ring (bicyclic) bond motifs is 1. The van der Waals surface area contributed by atoms with E-state index in [1.165, 1.54) is 4.90 Å². The minimum absolute atomic E-state index is 0.0739. The number of hydrogen-bond donors (Lipinski definition) is 3. The van der Waals surface area contributed by atoms with Crippen LogP contribution in [0.5, 0.6) is 0 Å². The lowest BCUT2D eigenvalue weighted by atomic mass is 10.0. The minimum atomic E-state index is -4.19. The second-order valence-corrected chi connectivity index (χ2v) is 11.1. The van der Waals surface area contributed by atoms with Gasteiger partial charge in [-0.3, -0.25) is 19.4 Å². The molecular formula is C33H44F3N7O3. The Labute approximate surface area is 268 Å². The van der Waals surface area contributed by atoms with Crippen molar-refractivity contribution < 1.29 is 27.5 Å². The Balaban J connectivity index is 0.000000349. The number of allylic oxidation sites excluding steroid dienone is 2. The van der Waals surface area contributed by atoms with Crippen LogP contribution in [0, 0.1) is 6.92 Å². The van der Waals surface area contributed by atoms with Gasteiger partial charge in [0.05, 0.1) is 19.2 Å². The Morgan fingerprint density at radius 1 is 1.15 bits per heavy atom. The van der Waals surface area contributed by atoms with Gasteiger partial charge in [-0.2, -0.15) is 13.2 Å². The van der Waals surface area contributed by atoms with Gasteiger partial charge in [-0.15, -0.1) is 0 Å². The van der Waals surface area contributed by atoms with Gasteiger partial charge in [0.15, 0.2) is 6.29 Å². The highest BCUT2D eigenvalue weighted by Crippen LogP contribution is 2.33. The monoisotopic (exact) mass is 643 g/mol. The summed E-state index contributed by atoms with van der Waals surface area (Å²) in [4.78, 5) is 30.4. The summed E-state index contributed by atoms with van der Waals surface area (Å²) < 4.78 is 45.4. The number of aldehydes is 2. The SMILES string of the molecule is CNC/C(C=O)=C(/C=C(/C)NC)OC.Cc1c(C=O)cc2c(-c3ccc(N)nc3)ccn2c1C(C)N1CCN(CC(F)(F)F)CC1. The zero-order valence-electron chi connectivity index (χ0n) is 27.2. The number of carbonyl (C=O) groups excluding carboxylic acids is 2. The number of ether oxygens (including phenoxy) is 1. The van der Waals surface area contributed by atoms with Gasteiger partial charge in [0.1, 0.15) is 17.9 Å². The van der Waals surface area contributed by atoms with Crippen LogP contribution in [-0.2, 0) is 9.53 Å². The Kier molecular flexibility index (Phi) is 12.9. The van der Waals surface area contributed by atoms with Gasteiger partial charge >= 0.3 is 6.18 Å². The van der Waals surface area contributed by atoms with Gasteiger partial charge in [0, 0.05) is 91.9 Å². The van der Waals surface area contributed by atoms with Crippen molar-refractivity contribution in [2.24, 2.45) is 0 Å². The van der Waals surface area contributed by atoms with Crippen LogP contribution in [0.4, 0.5) is 19.0 Å². The van der Waals surface area contributed by atoms with Crippen molar-refractivity contribution in [2.45, 2.75) is 33.0 Å². The van der Waals surface area contributed by atoms with E-state index in [1.54, 1.807) is 32.5 Å². The summed E-state index contributed by atoms with van der Waals surface area (Å²) in [5.41, 5.74) is 12.4. The number of anilines is 1. The fraction of sp³-hybridized carbons (Fsp3) is 0.424. The molecule has 4 rings (SSSR count). The lowest BCUT2D eigenvalue weighted by Crippen LogP contribution is -2.49. The number of hydrogen-bond acceptors (Lipinski definition) is 9. The zero-order valence-corrected chi connectivity index (χ0v) is 27.2. The normalized spacial score (nSPS) is 15.9. The number of methoxy groups -OCH3 is 1. The van der Waals surface area contributed by atoms with Crippen LogP contribution < -0.4 is 16.4 Å². The molecular weight excluding hydrogens is 599 g/mol. The molecule has 3 aromatic rings. The van der Waals surface area contributed by atoms with Gasteiger partial charge in [-0.1, -0.05) is 0 Å². The summed E-state index contributed by atoms with van der Waals surface area (Å²) in [5.74, 6) is 1.02. The van der Waals surface area contributed by atoms with E-state index in [-0.39, 0.29) is 6.04 Å². The van der Waals surface area contributed by atoms with E-state index >= 15 is 0 Å². The fourth-order valence-electron chi connectivity index (χ4n) is 5.50. The lowest BCUT2D eigenvalue weighted by Gasteiger charge is -2.39. The third kappa shape index (κ3) is 9.18. The Morgan fingerprint density at radius 3 is 2.37 bits per heavy atom. The highest BCUT2D eigenvalue weighted by Gasteiger charge is 2.33. The molecule has 1 atom stereocenters. The number of likely N-dealkylation sites (N-methyl/N-ethyl adjacent to an activating group) is 1. The molecule has 46 heavy (non-hydrogen) atoms. The quantitative estimate of drug-likeness (QED) is 0.121. The first-order chi connectivity index (χ1) is 21.9. The standard InChI is InChI=1S/C23H26F3N5O.C10H18N2O2/c1-15-18(13-32)11-20-19(17-3-4-21(27)28-12-17)5-6-31(20)22(15)16(2)30-9-7-29(8-10-30)14-23(24,25)26;1-8(12-3)5-10(14-4)9(7-13)6-11-2/h3-6,11-13,16H,7-10,14H2,1-2H3,(H2,27,28);5,7,11-12H,6H2,1-4H3/b;8-5-,10-9+. The van der Waals surface area contributed by atoms with E-state index in [4.69, 9.17) is 10.5 Å². The summed E-state index contributed by atoms with van der Waals surface area (Å²) in [7, 11) is 5.15. The minimum Gasteiger partial charge on any atom is -0.496 e.